The van der Waals surface area contributed by atoms with Crippen molar-refractivity contribution in [1.29, 1.82) is 0 Å². The van der Waals surface area contributed by atoms with Crippen molar-refractivity contribution in [2.75, 3.05) is 18.8 Å². The van der Waals surface area contributed by atoms with Gasteiger partial charge >= 0.3 is 0 Å². The number of nitrogens with zero attached hydrogens (tertiary/aromatic N) is 1. The topological polar surface area (TPSA) is 46.3 Å². The molecule has 1 aromatic rings. The van der Waals surface area contributed by atoms with Crippen LogP contribution in [-0.2, 0) is 11.2 Å². The number of benzene rings is 1. The Morgan fingerprint density at radius 1 is 1.37 bits per heavy atom. The summed E-state index contributed by atoms with van der Waals surface area (Å²) in [5, 5.41) is -0.0183. The Morgan fingerprint density at radius 2 is 2.21 bits per heavy atom. The second kappa shape index (κ2) is 5.55. The number of fused-ring (bicyclic) bond motifs is 1. The molecule has 2 aliphatic rings. The first kappa shape index (κ1) is 13.0. The highest BCUT2D eigenvalue weighted by atomic mass is 32.2. The van der Waals surface area contributed by atoms with Gasteiger partial charge in [0, 0.05) is 19.1 Å². The van der Waals surface area contributed by atoms with Gasteiger partial charge in [-0.1, -0.05) is 24.3 Å². The molecule has 1 saturated heterocycles. The van der Waals surface area contributed by atoms with Gasteiger partial charge in [-0.2, -0.15) is 0 Å². The number of carbonyl (C=O) groups excluding carboxylic acids is 1. The third kappa shape index (κ3) is 2.65. The van der Waals surface area contributed by atoms with Crippen LogP contribution in [0.2, 0.25) is 0 Å². The number of amides is 1. The first-order valence-electron chi connectivity index (χ1n) is 6.99. The minimum absolute atomic E-state index is 0.0183. The van der Waals surface area contributed by atoms with Gasteiger partial charge in [-0.25, -0.2) is 0 Å². The van der Waals surface area contributed by atoms with E-state index in [-0.39, 0.29) is 17.2 Å². The van der Waals surface area contributed by atoms with Crippen molar-refractivity contribution < 1.29 is 4.79 Å². The minimum Gasteiger partial charge on any atom is -0.340 e. The van der Waals surface area contributed by atoms with Crippen molar-refractivity contribution in [3.8, 4) is 0 Å². The molecule has 1 aromatic carbocycles. The molecule has 1 amide bonds. The van der Waals surface area contributed by atoms with E-state index in [1.54, 1.807) is 11.8 Å². The van der Waals surface area contributed by atoms with Crippen LogP contribution in [0, 0.1) is 0 Å². The van der Waals surface area contributed by atoms with Gasteiger partial charge in [-0.15, -0.1) is 11.8 Å². The number of nitrogens with two attached hydrogens (primary N) is 1. The maximum absolute atomic E-state index is 12.7. The lowest BCUT2D eigenvalue weighted by molar-refractivity contribution is -0.131. The molecule has 4 heteroatoms. The van der Waals surface area contributed by atoms with Crippen LogP contribution in [0.3, 0.4) is 0 Å². The number of piperidine rings is 1. The SMILES string of the molecule is NC1CCCN(C(=O)C2SCCc3ccccc32)C1. The van der Waals surface area contributed by atoms with Crippen molar-refractivity contribution in [2.24, 2.45) is 5.73 Å². The quantitative estimate of drug-likeness (QED) is 0.853. The Hall–Kier alpha value is -1.00. The predicted octanol–water partition coefficient (Wildman–Crippen LogP) is 1.97. The number of hydrogen-bond donors (Lipinski definition) is 1. The fraction of sp³-hybridized carbons (Fsp3) is 0.533. The van der Waals surface area contributed by atoms with Crippen molar-refractivity contribution in [3.05, 3.63) is 35.4 Å². The molecule has 0 aliphatic carbocycles. The molecular formula is C15H20N2OS. The Balaban J connectivity index is 1.81. The van der Waals surface area contributed by atoms with E-state index in [0.29, 0.717) is 0 Å². The van der Waals surface area contributed by atoms with Crippen LogP contribution in [0.25, 0.3) is 0 Å². The number of aryl methyl sites for hydroxylation is 1. The lowest BCUT2D eigenvalue weighted by Gasteiger charge is -2.35. The maximum atomic E-state index is 12.7. The van der Waals surface area contributed by atoms with Crippen LogP contribution in [0.5, 0.6) is 0 Å². The van der Waals surface area contributed by atoms with Gasteiger partial charge in [0.1, 0.15) is 5.25 Å². The standard InChI is InChI=1S/C15H20N2OS/c16-12-5-3-8-17(10-12)15(18)14-13-6-2-1-4-11(13)7-9-19-14/h1-2,4,6,12,14H,3,5,7-10,16H2. The molecule has 0 saturated carbocycles. The highest BCUT2D eigenvalue weighted by Crippen LogP contribution is 2.38. The highest BCUT2D eigenvalue weighted by Gasteiger charge is 2.32. The Kier molecular flexibility index (Phi) is 3.80. The van der Waals surface area contributed by atoms with E-state index in [9.17, 15) is 4.79 Å². The predicted molar refractivity (Wildman–Crippen MR) is 79.1 cm³/mol. The largest absolute Gasteiger partial charge is 0.340 e. The molecule has 2 unspecified atom stereocenters. The van der Waals surface area contributed by atoms with Crippen molar-refractivity contribution in [2.45, 2.75) is 30.6 Å². The summed E-state index contributed by atoms with van der Waals surface area (Å²) >= 11 is 1.78. The molecule has 2 N–H and O–H groups in total. The summed E-state index contributed by atoms with van der Waals surface area (Å²) in [6.45, 7) is 1.59. The van der Waals surface area contributed by atoms with Crippen LogP contribution in [0.15, 0.2) is 24.3 Å². The lowest BCUT2D eigenvalue weighted by atomic mass is 9.99. The molecule has 2 heterocycles. The normalized spacial score (nSPS) is 26.9. The van der Waals surface area contributed by atoms with Gasteiger partial charge in [0.2, 0.25) is 5.91 Å². The van der Waals surface area contributed by atoms with E-state index >= 15 is 0 Å². The van der Waals surface area contributed by atoms with E-state index in [4.69, 9.17) is 5.73 Å². The number of hydrogen-bond acceptors (Lipinski definition) is 3. The fourth-order valence-electron chi connectivity index (χ4n) is 2.97. The summed E-state index contributed by atoms with van der Waals surface area (Å²) in [5.41, 5.74) is 8.53. The zero-order chi connectivity index (χ0) is 13.2. The van der Waals surface area contributed by atoms with Gasteiger partial charge in [0.05, 0.1) is 0 Å². The molecule has 3 rings (SSSR count). The molecule has 0 spiro atoms. The lowest BCUT2D eigenvalue weighted by Crippen LogP contribution is -2.47. The Bertz CT molecular complexity index is 477. The summed E-state index contributed by atoms with van der Waals surface area (Å²) in [6, 6.07) is 8.51. The van der Waals surface area contributed by atoms with Crippen molar-refractivity contribution in [3.63, 3.8) is 0 Å². The number of thioether (sulfide) groups is 1. The molecule has 19 heavy (non-hydrogen) atoms. The molecule has 3 nitrogen and oxygen atoms in total. The summed E-state index contributed by atoms with van der Waals surface area (Å²) < 4.78 is 0. The van der Waals surface area contributed by atoms with Gasteiger partial charge in [-0.3, -0.25) is 4.79 Å². The van der Waals surface area contributed by atoms with Crippen LogP contribution < -0.4 is 5.73 Å². The molecule has 0 radical (unpaired) electrons. The maximum Gasteiger partial charge on any atom is 0.240 e. The Morgan fingerprint density at radius 3 is 3.05 bits per heavy atom. The molecule has 0 bridgehead atoms. The van der Waals surface area contributed by atoms with Crippen LogP contribution >= 0.6 is 11.8 Å². The second-order valence-corrected chi connectivity index (χ2v) is 6.60. The molecule has 0 aromatic heterocycles. The van der Waals surface area contributed by atoms with E-state index in [2.05, 4.69) is 18.2 Å². The zero-order valence-corrected chi connectivity index (χ0v) is 11.9. The fourth-order valence-corrected chi connectivity index (χ4v) is 4.25. The third-order valence-electron chi connectivity index (χ3n) is 3.99. The number of carbonyl (C=O) groups is 1. The number of rotatable bonds is 1. The summed E-state index contributed by atoms with van der Waals surface area (Å²) in [5.74, 6) is 1.29. The van der Waals surface area contributed by atoms with Crippen molar-refractivity contribution >= 4 is 17.7 Å². The molecule has 2 aliphatic heterocycles. The van der Waals surface area contributed by atoms with Gasteiger partial charge in [-0.05, 0) is 36.1 Å². The van der Waals surface area contributed by atoms with Crippen molar-refractivity contribution in [1.82, 2.24) is 4.90 Å². The van der Waals surface area contributed by atoms with Crippen LogP contribution in [-0.4, -0.2) is 35.7 Å². The Labute approximate surface area is 118 Å². The highest BCUT2D eigenvalue weighted by molar-refractivity contribution is 8.00. The monoisotopic (exact) mass is 276 g/mol. The molecular weight excluding hydrogens is 256 g/mol. The van der Waals surface area contributed by atoms with Gasteiger partial charge < -0.3 is 10.6 Å². The second-order valence-electron chi connectivity index (χ2n) is 5.39. The minimum atomic E-state index is -0.0183. The average molecular weight is 276 g/mol. The third-order valence-corrected chi connectivity index (χ3v) is 5.22. The number of likely N-dealkylation sites (tertiary alicyclic amines) is 1. The van der Waals surface area contributed by atoms with E-state index < -0.39 is 0 Å². The molecule has 102 valence electrons. The smallest absolute Gasteiger partial charge is 0.240 e. The first-order valence-corrected chi connectivity index (χ1v) is 8.04. The van der Waals surface area contributed by atoms with E-state index in [1.807, 2.05) is 11.0 Å². The van der Waals surface area contributed by atoms with Crippen LogP contribution in [0.4, 0.5) is 0 Å². The van der Waals surface area contributed by atoms with Gasteiger partial charge in [0.15, 0.2) is 0 Å². The summed E-state index contributed by atoms with van der Waals surface area (Å²) in [6.07, 6.45) is 3.15. The van der Waals surface area contributed by atoms with E-state index in [0.717, 1.165) is 38.1 Å². The summed E-state index contributed by atoms with van der Waals surface area (Å²) in [7, 11) is 0. The first-order chi connectivity index (χ1) is 9.25. The molecule has 2 atom stereocenters. The molecule has 1 fully saturated rings. The van der Waals surface area contributed by atoms with Crippen LogP contribution in [0.1, 0.15) is 29.2 Å². The summed E-state index contributed by atoms with van der Waals surface area (Å²) in [4.78, 5) is 14.7. The van der Waals surface area contributed by atoms with E-state index in [1.165, 1.54) is 11.1 Å². The average Bonchev–Trinajstić information content (AvgIpc) is 2.46. The van der Waals surface area contributed by atoms with Gasteiger partial charge in [0.25, 0.3) is 0 Å². The zero-order valence-electron chi connectivity index (χ0n) is 11.0.